The molecule has 3 rings (SSSR count). The summed E-state index contributed by atoms with van der Waals surface area (Å²) in [4.78, 5) is 34.8. The van der Waals surface area contributed by atoms with Gasteiger partial charge in [-0.05, 0) is 32.2 Å². The molecular formula is C21H25ClN4O5S2. The second kappa shape index (κ2) is 10.6. The molecule has 1 aliphatic rings. The van der Waals surface area contributed by atoms with Gasteiger partial charge < -0.3 is 25.2 Å². The molecule has 3 heterocycles. The molecule has 0 spiro atoms. The molecular weight excluding hydrogens is 488 g/mol. The lowest BCUT2D eigenvalue weighted by atomic mass is 9.97. The number of aliphatic hydroxyl groups is 1. The molecule has 2 aromatic rings. The van der Waals surface area contributed by atoms with E-state index in [0.29, 0.717) is 26.4 Å². The number of ether oxygens (including phenoxy) is 2. The number of methoxy groups -OCH3 is 1. The van der Waals surface area contributed by atoms with E-state index in [-0.39, 0.29) is 18.6 Å². The van der Waals surface area contributed by atoms with Crippen molar-refractivity contribution in [1.29, 1.82) is 0 Å². The van der Waals surface area contributed by atoms with E-state index in [0.717, 1.165) is 0 Å². The minimum Gasteiger partial charge on any atom is -0.466 e. The number of amidine groups is 1. The van der Waals surface area contributed by atoms with Crippen molar-refractivity contribution in [2.75, 3.05) is 13.7 Å². The summed E-state index contributed by atoms with van der Waals surface area (Å²) >= 11 is 9.14. The summed E-state index contributed by atoms with van der Waals surface area (Å²) in [7, 11) is 1.28. The Balaban J connectivity index is 2.00. The fourth-order valence-electron chi connectivity index (χ4n) is 3.13. The number of aliphatic hydroxyl groups excluding tert-OH is 1. The average molecular weight is 513 g/mol. The van der Waals surface area contributed by atoms with Gasteiger partial charge >= 0.3 is 12.1 Å². The van der Waals surface area contributed by atoms with Crippen molar-refractivity contribution in [2.24, 2.45) is 4.99 Å². The Morgan fingerprint density at radius 2 is 2.09 bits per heavy atom. The van der Waals surface area contributed by atoms with Crippen molar-refractivity contribution in [3.63, 3.8) is 0 Å². The molecule has 1 aliphatic heterocycles. The number of nitrogens with zero attached hydrogens (tertiary/aromatic N) is 2. The van der Waals surface area contributed by atoms with Crippen LogP contribution in [0.4, 0.5) is 4.79 Å². The van der Waals surface area contributed by atoms with Gasteiger partial charge in [0.1, 0.15) is 11.6 Å². The zero-order valence-electron chi connectivity index (χ0n) is 18.5. The number of nitrogens with one attached hydrogen (secondary N) is 2. The molecule has 12 heteroatoms. The van der Waals surface area contributed by atoms with Crippen LogP contribution in [0.1, 0.15) is 43.1 Å². The quantitative estimate of drug-likeness (QED) is 0.484. The summed E-state index contributed by atoms with van der Waals surface area (Å²) in [5.41, 5.74) is -0.0202. The molecule has 0 aliphatic carbocycles. The van der Waals surface area contributed by atoms with Crippen molar-refractivity contribution in [2.45, 2.75) is 44.9 Å². The fourth-order valence-corrected chi connectivity index (χ4v) is 4.92. The Morgan fingerprint density at radius 1 is 1.33 bits per heavy atom. The van der Waals surface area contributed by atoms with Crippen LogP contribution in [-0.2, 0) is 14.3 Å². The van der Waals surface area contributed by atoms with Gasteiger partial charge in [0.25, 0.3) is 0 Å². The first kappa shape index (κ1) is 25.2. The number of hydrogen-bond donors (Lipinski definition) is 3. The largest absolute Gasteiger partial charge is 0.466 e. The van der Waals surface area contributed by atoms with Crippen LogP contribution in [0, 0.1) is 0 Å². The molecule has 2 atom stereocenters. The maximum Gasteiger partial charge on any atom is 0.407 e. The highest BCUT2D eigenvalue weighted by molar-refractivity contribution is 7.11. The monoisotopic (exact) mass is 512 g/mol. The van der Waals surface area contributed by atoms with Gasteiger partial charge in [-0.15, -0.1) is 22.7 Å². The standard InChI is InChI=1S/C21H25ClN4O5S2/c1-21(2,3)31-20(29)24-11(10-27)9-13-14(19(28)30-4)15(16-12(22)5-7-32-16)26-17(25-13)18-23-6-8-33-18/h5-8,11,15,27H,9-10H2,1-4H3,(H,24,29)(H,25,26)/t11-,15?/m0/s1. The zero-order chi connectivity index (χ0) is 24.2. The minimum atomic E-state index is -0.739. The predicted molar refractivity (Wildman–Crippen MR) is 128 cm³/mol. The lowest BCUT2D eigenvalue weighted by molar-refractivity contribution is -0.136. The third kappa shape index (κ3) is 6.32. The highest BCUT2D eigenvalue weighted by Crippen LogP contribution is 2.40. The van der Waals surface area contributed by atoms with Gasteiger partial charge in [-0.1, -0.05) is 11.6 Å². The highest BCUT2D eigenvalue weighted by Gasteiger charge is 2.35. The number of aliphatic imine (C=N–C) groups is 1. The van der Waals surface area contributed by atoms with Crippen LogP contribution in [0.15, 0.2) is 39.3 Å². The molecule has 9 nitrogen and oxygen atoms in total. The molecule has 0 saturated carbocycles. The van der Waals surface area contributed by atoms with Crippen LogP contribution >= 0.6 is 34.3 Å². The molecule has 0 fully saturated rings. The van der Waals surface area contributed by atoms with Gasteiger partial charge in [-0.25, -0.2) is 14.6 Å². The second-order valence-corrected chi connectivity index (χ2v) is 10.3. The number of rotatable bonds is 7. The Labute approximate surface area is 204 Å². The Kier molecular flexibility index (Phi) is 8.11. The number of halogens is 1. The van der Waals surface area contributed by atoms with Crippen LogP contribution in [-0.4, -0.2) is 53.3 Å². The number of hydrogen-bond acceptors (Lipinski definition) is 10. The summed E-state index contributed by atoms with van der Waals surface area (Å²) in [6.45, 7) is 4.85. The van der Waals surface area contributed by atoms with Crippen molar-refractivity contribution < 1.29 is 24.2 Å². The van der Waals surface area contributed by atoms with E-state index in [4.69, 9.17) is 26.1 Å². The summed E-state index contributed by atoms with van der Waals surface area (Å²) in [6.07, 6.45) is 1.06. The van der Waals surface area contributed by atoms with Crippen molar-refractivity contribution in [3.05, 3.63) is 49.2 Å². The molecule has 0 radical (unpaired) electrons. The topological polar surface area (TPSA) is 122 Å². The van der Waals surface area contributed by atoms with Crippen LogP contribution in [0.25, 0.3) is 0 Å². The fraction of sp³-hybridized carbons (Fsp3) is 0.429. The average Bonchev–Trinajstić information content (AvgIpc) is 3.42. The molecule has 0 saturated heterocycles. The summed E-state index contributed by atoms with van der Waals surface area (Å²) in [5.74, 6) is -0.140. The zero-order valence-corrected chi connectivity index (χ0v) is 20.9. The van der Waals surface area contributed by atoms with E-state index >= 15 is 0 Å². The van der Waals surface area contributed by atoms with E-state index in [1.165, 1.54) is 29.8 Å². The number of thiophene rings is 1. The van der Waals surface area contributed by atoms with Gasteiger partial charge in [0.15, 0.2) is 10.8 Å². The SMILES string of the molecule is COC(=O)C1=C(C[C@@H](CO)NC(=O)OC(C)(C)C)NC(c2nccs2)=NC1c1sccc1Cl. The number of amides is 1. The third-order valence-electron chi connectivity index (χ3n) is 4.45. The van der Waals surface area contributed by atoms with Gasteiger partial charge in [-0.3, -0.25) is 4.99 Å². The Hall–Kier alpha value is -2.47. The maximum absolute atomic E-state index is 12.9. The Bertz CT molecular complexity index is 1060. The molecule has 33 heavy (non-hydrogen) atoms. The smallest absolute Gasteiger partial charge is 0.407 e. The number of aromatic nitrogens is 1. The third-order valence-corrected chi connectivity index (χ3v) is 6.64. The number of esters is 1. The number of thiazole rings is 1. The first-order valence-corrected chi connectivity index (χ1v) is 12.2. The maximum atomic E-state index is 12.9. The number of alkyl carbamates (subject to hydrolysis) is 1. The molecule has 3 N–H and O–H groups in total. The molecule has 1 unspecified atom stereocenters. The number of carbonyl (C=O) groups excluding carboxylic acids is 2. The van der Waals surface area contributed by atoms with Gasteiger partial charge in [0.2, 0.25) is 0 Å². The predicted octanol–water partition coefficient (Wildman–Crippen LogP) is 3.65. The first-order valence-electron chi connectivity index (χ1n) is 10.0. The molecule has 1 amide bonds. The van der Waals surface area contributed by atoms with Crippen LogP contribution < -0.4 is 10.6 Å². The number of carbonyl (C=O) groups is 2. The van der Waals surface area contributed by atoms with E-state index < -0.39 is 29.7 Å². The second-order valence-electron chi connectivity index (χ2n) is 8.09. The summed E-state index contributed by atoms with van der Waals surface area (Å²) in [6, 6.07) is 0.259. The Morgan fingerprint density at radius 3 is 2.64 bits per heavy atom. The van der Waals surface area contributed by atoms with Crippen molar-refractivity contribution in [3.8, 4) is 0 Å². The minimum absolute atomic E-state index is 0.0874. The molecule has 2 aromatic heterocycles. The normalized spacial score (nSPS) is 17.2. The van der Waals surface area contributed by atoms with E-state index in [1.807, 2.05) is 10.8 Å². The van der Waals surface area contributed by atoms with Gasteiger partial charge in [-0.2, -0.15) is 0 Å². The highest BCUT2D eigenvalue weighted by atomic mass is 35.5. The van der Waals surface area contributed by atoms with Crippen LogP contribution in [0.5, 0.6) is 0 Å². The molecule has 0 aromatic carbocycles. The van der Waals surface area contributed by atoms with Crippen molar-refractivity contribution >= 4 is 52.2 Å². The first-order chi connectivity index (χ1) is 15.6. The van der Waals surface area contributed by atoms with E-state index in [9.17, 15) is 14.7 Å². The lowest BCUT2D eigenvalue weighted by Gasteiger charge is -2.29. The summed E-state index contributed by atoms with van der Waals surface area (Å²) < 4.78 is 10.3. The van der Waals surface area contributed by atoms with E-state index in [1.54, 1.807) is 33.0 Å². The molecule has 0 bridgehead atoms. The van der Waals surface area contributed by atoms with Crippen LogP contribution in [0.2, 0.25) is 5.02 Å². The molecule has 178 valence electrons. The summed E-state index contributed by atoms with van der Waals surface area (Å²) in [5, 5.41) is 20.4. The van der Waals surface area contributed by atoms with Gasteiger partial charge in [0, 0.05) is 23.7 Å². The lowest BCUT2D eigenvalue weighted by Crippen LogP contribution is -2.43. The van der Waals surface area contributed by atoms with Crippen molar-refractivity contribution in [1.82, 2.24) is 15.6 Å². The van der Waals surface area contributed by atoms with Crippen LogP contribution in [0.3, 0.4) is 0 Å². The van der Waals surface area contributed by atoms with E-state index in [2.05, 4.69) is 15.6 Å². The van der Waals surface area contributed by atoms with Gasteiger partial charge in [0.05, 0.1) is 35.2 Å².